The monoisotopic (exact) mass is 204 g/mol. The molecule has 5 nitrogen and oxygen atoms in total. The van der Waals surface area contributed by atoms with Gasteiger partial charge in [0.1, 0.15) is 6.61 Å². The molecule has 0 aliphatic rings. The van der Waals surface area contributed by atoms with E-state index in [1.807, 2.05) is 0 Å². The first-order valence-corrected chi connectivity index (χ1v) is 4.27. The molecule has 0 aromatic carbocycles. The Kier molecular flexibility index (Phi) is 7.87. The maximum atomic E-state index is 10.1. The van der Waals surface area contributed by atoms with Crippen molar-refractivity contribution in [1.82, 2.24) is 0 Å². The smallest absolute Gasteiger partial charge is 0.450 e. The largest absolute Gasteiger partial charge is 0.505 e. The first-order chi connectivity index (χ1) is 6.70. The molecule has 0 aromatic rings. The molecule has 0 spiro atoms. The molecule has 0 radical (unpaired) electrons. The number of carboxylic acid groups (broad SMARTS) is 1. The number of hydrogen-bond donors (Lipinski definition) is 1. The Morgan fingerprint density at radius 2 is 2.36 bits per heavy atom. The number of rotatable bonds is 8. The van der Waals surface area contributed by atoms with E-state index in [0.717, 1.165) is 0 Å². The summed E-state index contributed by atoms with van der Waals surface area (Å²) in [6.07, 6.45) is 0.622. The average Bonchev–Trinajstić information content (AvgIpc) is 2.16. The van der Waals surface area contributed by atoms with Crippen LogP contribution >= 0.6 is 0 Å². The zero-order valence-corrected chi connectivity index (χ0v) is 8.27. The molecule has 1 atom stereocenters. The summed E-state index contributed by atoms with van der Waals surface area (Å²) in [7, 11) is 1.57. The van der Waals surface area contributed by atoms with Crippen LogP contribution in [-0.2, 0) is 14.2 Å². The van der Waals surface area contributed by atoms with Crippen LogP contribution in [0.15, 0.2) is 12.7 Å². The first-order valence-electron chi connectivity index (χ1n) is 4.27. The van der Waals surface area contributed by atoms with Crippen molar-refractivity contribution >= 4 is 6.16 Å². The zero-order valence-electron chi connectivity index (χ0n) is 8.27. The third-order valence-corrected chi connectivity index (χ3v) is 1.49. The molecule has 0 saturated heterocycles. The molecule has 0 rings (SSSR count). The van der Waals surface area contributed by atoms with Crippen molar-refractivity contribution in [2.24, 2.45) is 0 Å². The Hall–Kier alpha value is -1.07. The summed E-state index contributed by atoms with van der Waals surface area (Å²) in [4.78, 5) is 10.1. The van der Waals surface area contributed by atoms with Gasteiger partial charge in [-0.1, -0.05) is 6.08 Å². The minimum absolute atomic E-state index is 0.0204. The van der Waals surface area contributed by atoms with E-state index < -0.39 is 6.16 Å². The molecule has 5 heteroatoms. The highest BCUT2D eigenvalue weighted by Crippen LogP contribution is 2.00. The van der Waals surface area contributed by atoms with E-state index in [1.165, 1.54) is 0 Å². The second kappa shape index (κ2) is 8.52. The summed E-state index contributed by atoms with van der Waals surface area (Å²) in [5.74, 6) is 0. The fourth-order valence-corrected chi connectivity index (χ4v) is 0.832. The Labute approximate surface area is 83.3 Å². The molecule has 82 valence electrons. The molecular formula is C9H16O5. The summed E-state index contributed by atoms with van der Waals surface area (Å²) in [5, 5.41) is 8.28. The lowest BCUT2D eigenvalue weighted by atomic mass is 10.3. The number of carbonyl (C=O) groups is 1. The minimum Gasteiger partial charge on any atom is -0.450 e. The van der Waals surface area contributed by atoms with Gasteiger partial charge in [-0.15, -0.1) is 6.58 Å². The highest BCUT2D eigenvalue weighted by molar-refractivity contribution is 5.56. The van der Waals surface area contributed by atoms with Gasteiger partial charge in [0.2, 0.25) is 0 Å². The van der Waals surface area contributed by atoms with E-state index in [9.17, 15) is 4.79 Å². The van der Waals surface area contributed by atoms with E-state index in [0.29, 0.717) is 19.6 Å². The van der Waals surface area contributed by atoms with Crippen molar-refractivity contribution in [1.29, 1.82) is 0 Å². The van der Waals surface area contributed by atoms with E-state index in [-0.39, 0.29) is 12.7 Å². The molecule has 14 heavy (non-hydrogen) atoms. The van der Waals surface area contributed by atoms with Crippen LogP contribution in [0.3, 0.4) is 0 Å². The number of hydrogen-bond acceptors (Lipinski definition) is 4. The fourth-order valence-electron chi connectivity index (χ4n) is 0.832. The van der Waals surface area contributed by atoms with Gasteiger partial charge in [-0.25, -0.2) is 4.79 Å². The van der Waals surface area contributed by atoms with Crippen molar-refractivity contribution in [3.05, 3.63) is 12.7 Å². The van der Waals surface area contributed by atoms with Gasteiger partial charge in [0.05, 0.1) is 12.7 Å². The van der Waals surface area contributed by atoms with Crippen molar-refractivity contribution in [2.75, 3.05) is 26.9 Å². The molecule has 0 aliphatic carbocycles. The lowest BCUT2D eigenvalue weighted by Crippen LogP contribution is -2.23. The van der Waals surface area contributed by atoms with Gasteiger partial charge >= 0.3 is 6.16 Å². The Balaban J connectivity index is 3.70. The van der Waals surface area contributed by atoms with E-state index in [4.69, 9.17) is 14.6 Å². The van der Waals surface area contributed by atoms with Crippen LogP contribution < -0.4 is 0 Å². The molecular weight excluding hydrogens is 188 g/mol. The SMILES string of the molecule is C=CCOC(CCOC)COC(=O)O. The van der Waals surface area contributed by atoms with Gasteiger partial charge in [0, 0.05) is 20.1 Å². The van der Waals surface area contributed by atoms with Crippen LogP contribution in [0.4, 0.5) is 4.79 Å². The summed E-state index contributed by atoms with van der Waals surface area (Å²) < 4.78 is 14.5. The summed E-state index contributed by atoms with van der Waals surface area (Å²) in [6, 6.07) is 0. The third-order valence-electron chi connectivity index (χ3n) is 1.49. The molecule has 0 amide bonds. The van der Waals surface area contributed by atoms with Crippen LogP contribution in [0.2, 0.25) is 0 Å². The van der Waals surface area contributed by atoms with E-state index in [2.05, 4.69) is 11.3 Å². The van der Waals surface area contributed by atoms with Gasteiger partial charge in [0.15, 0.2) is 0 Å². The molecule has 1 unspecified atom stereocenters. The second-order valence-electron chi connectivity index (χ2n) is 2.60. The predicted octanol–water partition coefficient (Wildman–Crippen LogP) is 1.29. The van der Waals surface area contributed by atoms with Crippen LogP contribution in [0.5, 0.6) is 0 Å². The lowest BCUT2D eigenvalue weighted by Gasteiger charge is -2.15. The second-order valence-corrected chi connectivity index (χ2v) is 2.60. The molecule has 1 N–H and O–H groups in total. The minimum atomic E-state index is -1.30. The van der Waals surface area contributed by atoms with Gasteiger partial charge in [-0.05, 0) is 0 Å². The van der Waals surface area contributed by atoms with Crippen LogP contribution in [-0.4, -0.2) is 44.3 Å². The van der Waals surface area contributed by atoms with Crippen LogP contribution in [0, 0.1) is 0 Å². The fraction of sp³-hybridized carbons (Fsp3) is 0.667. The van der Waals surface area contributed by atoms with E-state index >= 15 is 0 Å². The van der Waals surface area contributed by atoms with Crippen molar-refractivity contribution in [3.8, 4) is 0 Å². The van der Waals surface area contributed by atoms with Gasteiger partial charge < -0.3 is 19.3 Å². The quantitative estimate of drug-likeness (QED) is 0.476. The Morgan fingerprint density at radius 3 is 2.86 bits per heavy atom. The summed E-state index contributed by atoms with van der Waals surface area (Å²) in [6.45, 7) is 4.39. The van der Waals surface area contributed by atoms with Gasteiger partial charge in [-0.2, -0.15) is 0 Å². The Bertz CT molecular complexity index is 169. The maximum Gasteiger partial charge on any atom is 0.505 e. The summed E-state index contributed by atoms with van der Waals surface area (Å²) in [5.41, 5.74) is 0. The van der Waals surface area contributed by atoms with Crippen LogP contribution in [0.1, 0.15) is 6.42 Å². The zero-order chi connectivity index (χ0) is 10.8. The predicted molar refractivity (Wildman–Crippen MR) is 50.4 cm³/mol. The highest BCUT2D eigenvalue weighted by Gasteiger charge is 2.10. The van der Waals surface area contributed by atoms with Crippen molar-refractivity contribution in [2.45, 2.75) is 12.5 Å². The van der Waals surface area contributed by atoms with E-state index in [1.54, 1.807) is 13.2 Å². The third kappa shape index (κ3) is 7.57. The topological polar surface area (TPSA) is 65.0 Å². The van der Waals surface area contributed by atoms with Gasteiger partial charge in [-0.3, -0.25) is 0 Å². The highest BCUT2D eigenvalue weighted by atomic mass is 16.7. The standard InChI is InChI=1S/C9H16O5/c1-3-5-13-8(4-6-12-2)7-14-9(10)11/h3,8H,1,4-7H2,2H3,(H,10,11). The van der Waals surface area contributed by atoms with Gasteiger partial charge in [0.25, 0.3) is 0 Å². The average molecular weight is 204 g/mol. The van der Waals surface area contributed by atoms with Crippen LogP contribution in [0.25, 0.3) is 0 Å². The Morgan fingerprint density at radius 1 is 1.64 bits per heavy atom. The molecule has 0 saturated carbocycles. The number of methoxy groups -OCH3 is 1. The molecule has 0 aliphatic heterocycles. The normalized spacial score (nSPS) is 12.1. The molecule has 0 bridgehead atoms. The number of ether oxygens (including phenoxy) is 3. The first kappa shape index (κ1) is 12.9. The lowest BCUT2D eigenvalue weighted by molar-refractivity contribution is -0.0105. The summed E-state index contributed by atoms with van der Waals surface area (Å²) >= 11 is 0. The molecule has 0 fully saturated rings. The molecule has 0 heterocycles. The maximum absolute atomic E-state index is 10.1. The van der Waals surface area contributed by atoms with Crippen molar-refractivity contribution < 1.29 is 24.1 Å². The molecule has 0 aromatic heterocycles. The van der Waals surface area contributed by atoms with Crippen molar-refractivity contribution in [3.63, 3.8) is 0 Å².